The van der Waals surface area contributed by atoms with Gasteiger partial charge in [0.1, 0.15) is 0 Å². The molecular weight excluding hydrogens is 485 g/mol. The first kappa shape index (κ1) is 19.3. The van der Waals surface area contributed by atoms with Gasteiger partial charge in [0, 0.05) is 0 Å². The van der Waals surface area contributed by atoms with Gasteiger partial charge in [-0.15, -0.1) is 0 Å². The summed E-state index contributed by atoms with van der Waals surface area (Å²) in [5, 5.41) is 0. The van der Waals surface area contributed by atoms with Crippen LogP contribution >= 0.6 is 0 Å². The van der Waals surface area contributed by atoms with Crippen LogP contribution in [-0.4, -0.2) is 56.2 Å². The quantitative estimate of drug-likeness (QED) is 0.296. The van der Waals surface area contributed by atoms with Gasteiger partial charge in [0.2, 0.25) is 0 Å². The first-order valence-electron chi connectivity index (χ1n) is 6.75. The molecule has 0 spiro atoms. The van der Waals surface area contributed by atoms with Gasteiger partial charge < -0.3 is 0 Å². The van der Waals surface area contributed by atoms with E-state index >= 15 is 0 Å². The molecule has 0 aromatic rings. The van der Waals surface area contributed by atoms with Crippen molar-refractivity contribution in [1.82, 2.24) is 0 Å². The Morgan fingerprint density at radius 2 is 1.55 bits per heavy atom. The predicted octanol–water partition coefficient (Wildman–Crippen LogP) is 0.119. The Balaban J connectivity index is 3.00. The summed E-state index contributed by atoms with van der Waals surface area (Å²) >= 11 is 0.121. The van der Waals surface area contributed by atoms with Crippen LogP contribution in [0.25, 0.3) is 0 Å². The minimum atomic E-state index is -0.838. The summed E-state index contributed by atoms with van der Waals surface area (Å²) in [6.45, 7) is 3.68. The van der Waals surface area contributed by atoms with Crippen LogP contribution in [0.2, 0.25) is 3.43 Å². The Kier molecular flexibility index (Phi) is 7.71. The molecule has 1 heterocycles. The maximum absolute atomic E-state index is 11.3. The molecule has 0 aliphatic carbocycles. The van der Waals surface area contributed by atoms with Crippen LogP contribution in [0.5, 0.6) is 0 Å². The number of methoxy groups -OCH3 is 1. The molecule has 22 heavy (non-hydrogen) atoms. The number of carbonyl (C=O) groups excluding carboxylic acids is 3. The second kappa shape index (κ2) is 8.78. The van der Waals surface area contributed by atoms with E-state index in [1.165, 1.54) is 27.9 Å². The van der Waals surface area contributed by atoms with Gasteiger partial charge in [0.05, 0.1) is 0 Å². The van der Waals surface area contributed by atoms with E-state index in [2.05, 4.69) is 0 Å². The number of hydrogen-bond acceptors (Lipinski definition) is 8. The van der Waals surface area contributed by atoms with E-state index in [-0.39, 0.29) is 36.2 Å². The second-order valence-electron chi connectivity index (χ2n) is 4.89. The van der Waals surface area contributed by atoms with Crippen LogP contribution in [0.3, 0.4) is 0 Å². The van der Waals surface area contributed by atoms with Crippen molar-refractivity contribution >= 4 is 17.9 Å². The van der Waals surface area contributed by atoms with Gasteiger partial charge in [0.25, 0.3) is 0 Å². The van der Waals surface area contributed by atoms with Crippen molar-refractivity contribution in [3.05, 3.63) is 0 Å². The fourth-order valence-corrected chi connectivity index (χ4v) is 4.80. The summed E-state index contributed by atoms with van der Waals surface area (Å²) in [5.41, 5.74) is 0. The molecule has 1 aliphatic rings. The van der Waals surface area contributed by atoms with Crippen molar-refractivity contribution in [1.29, 1.82) is 0 Å². The molecule has 1 saturated heterocycles. The molecule has 8 nitrogen and oxygen atoms in total. The molecule has 0 amide bonds. The number of carbonyl (C=O) groups is 3. The maximum atomic E-state index is 11.3. The Morgan fingerprint density at radius 1 is 1.00 bits per heavy atom. The summed E-state index contributed by atoms with van der Waals surface area (Å²) in [6, 6.07) is 0. The first-order valence-corrected chi connectivity index (χ1v) is 9.92. The summed E-state index contributed by atoms with van der Waals surface area (Å²) in [7, 11) is 1.48. The van der Waals surface area contributed by atoms with Gasteiger partial charge in [-0.25, -0.2) is 0 Å². The Labute approximate surface area is 144 Å². The normalized spacial score (nSPS) is 31.3. The molecule has 0 radical (unpaired) electrons. The molecule has 5 unspecified atom stereocenters. The molecule has 9 heteroatoms. The van der Waals surface area contributed by atoms with Crippen LogP contribution in [-0.2, 0) is 64.2 Å². The molecule has 0 aromatic carbocycles. The van der Waals surface area contributed by atoms with Crippen LogP contribution in [0.15, 0.2) is 0 Å². The molecule has 121 valence electrons. The third-order valence-electron chi connectivity index (χ3n) is 3.06. The Morgan fingerprint density at radius 3 is 2.00 bits per heavy atom. The van der Waals surface area contributed by atoms with Crippen molar-refractivity contribution < 1.29 is 64.2 Å². The third kappa shape index (κ3) is 5.47. The molecule has 5 atom stereocenters. The standard InChI is InChI=1S/C13H19O8.Hg/c1-7(14)18-6-11-13(20-9(3)16)10(19-8(2)15)5-12(17-4)21-11;/h5,10-13H,6H2,1-4H3;. The van der Waals surface area contributed by atoms with Crippen molar-refractivity contribution in [3.63, 3.8) is 0 Å². The number of esters is 3. The fraction of sp³-hybridized carbons (Fsp3) is 0.769. The molecule has 1 aliphatic heterocycles. The van der Waals surface area contributed by atoms with Gasteiger partial charge >= 0.3 is 145 Å². The number of hydrogen-bond donors (Lipinski definition) is 0. The predicted molar refractivity (Wildman–Crippen MR) is 67.2 cm³/mol. The second-order valence-corrected chi connectivity index (χ2v) is 8.56. The van der Waals surface area contributed by atoms with E-state index in [1.54, 1.807) is 0 Å². The Bertz CT molecular complexity index is 426. The fourth-order valence-electron chi connectivity index (χ4n) is 2.21. The van der Waals surface area contributed by atoms with Gasteiger partial charge in [-0.2, -0.15) is 0 Å². The number of ether oxygens (including phenoxy) is 5. The van der Waals surface area contributed by atoms with Gasteiger partial charge in [-0.3, -0.25) is 0 Å². The molecule has 0 saturated carbocycles. The van der Waals surface area contributed by atoms with Gasteiger partial charge in [-0.05, 0) is 0 Å². The monoisotopic (exact) mass is 505 g/mol. The summed E-state index contributed by atoms with van der Waals surface area (Å²) in [4.78, 5) is 33.7. The summed E-state index contributed by atoms with van der Waals surface area (Å²) in [6.07, 6.45) is -2.87. The van der Waals surface area contributed by atoms with Crippen LogP contribution in [0.1, 0.15) is 20.8 Å². The van der Waals surface area contributed by atoms with E-state index in [1.807, 2.05) is 0 Å². The van der Waals surface area contributed by atoms with E-state index < -0.39 is 42.5 Å². The molecule has 1 fully saturated rings. The van der Waals surface area contributed by atoms with Crippen LogP contribution < -0.4 is 0 Å². The van der Waals surface area contributed by atoms with E-state index in [4.69, 9.17) is 23.7 Å². The third-order valence-corrected chi connectivity index (χ3v) is 6.36. The molecular formula is C13H19HgO8. The zero-order chi connectivity index (χ0) is 16.9. The van der Waals surface area contributed by atoms with Crippen molar-refractivity contribution in [2.45, 2.75) is 48.8 Å². The zero-order valence-electron chi connectivity index (χ0n) is 13.1. The minimum absolute atomic E-state index is 0.120. The average Bonchev–Trinajstić information content (AvgIpc) is 2.41. The molecule has 0 bridgehead atoms. The molecule has 0 aromatic heterocycles. The molecule has 1 rings (SSSR count). The number of rotatable bonds is 5. The van der Waals surface area contributed by atoms with Crippen LogP contribution in [0.4, 0.5) is 0 Å². The van der Waals surface area contributed by atoms with Crippen LogP contribution in [0, 0.1) is 0 Å². The van der Waals surface area contributed by atoms with Crippen molar-refractivity contribution in [2.24, 2.45) is 0 Å². The SMILES string of the molecule is COC1OC(COC(C)=O)C(OC(C)=O)C(OC(C)=O)[CH]1[Hg]. The van der Waals surface area contributed by atoms with Gasteiger partial charge in [-0.1, -0.05) is 0 Å². The summed E-state index contributed by atoms with van der Waals surface area (Å²) < 4.78 is 26.3. The van der Waals surface area contributed by atoms with Crippen molar-refractivity contribution in [3.8, 4) is 0 Å². The summed E-state index contributed by atoms with van der Waals surface area (Å²) in [5.74, 6) is -1.50. The first-order chi connectivity index (χ1) is 10.3. The van der Waals surface area contributed by atoms with Crippen molar-refractivity contribution in [2.75, 3.05) is 13.7 Å². The zero-order valence-corrected chi connectivity index (χ0v) is 18.6. The molecule has 0 N–H and O–H groups in total. The van der Waals surface area contributed by atoms with E-state index in [9.17, 15) is 14.4 Å². The average molecular weight is 504 g/mol. The van der Waals surface area contributed by atoms with E-state index in [0.717, 1.165) is 0 Å². The van der Waals surface area contributed by atoms with Gasteiger partial charge in [0.15, 0.2) is 0 Å². The topological polar surface area (TPSA) is 97.4 Å². The Hall–Kier alpha value is -0.735. The van der Waals surface area contributed by atoms with E-state index in [0.29, 0.717) is 0 Å².